The molecule has 0 aliphatic carbocycles. The molecule has 2 aliphatic heterocycles. The van der Waals surface area contributed by atoms with Crippen LogP contribution >= 0.6 is 0 Å². The first-order valence-corrected chi connectivity index (χ1v) is 12.1. The van der Waals surface area contributed by atoms with Gasteiger partial charge in [0, 0.05) is 31.2 Å². The lowest BCUT2D eigenvalue weighted by Gasteiger charge is -2.52. The molecule has 2 saturated heterocycles. The molecule has 2 unspecified atom stereocenters. The van der Waals surface area contributed by atoms with Gasteiger partial charge in [-0.15, -0.1) is 10.2 Å². The summed E-state index contributed by atoms with van der Waals surface area (Å²) in [6, 6.07) is 21.1. The van der Waals surface area contributed by atoms with E-state index in [2.05, 4.69) is 51.3 Å². The minimum absolute atomic E-state index is 0.0666. The van der Waals surface area contributed by atoms with Gasteiger partial charge in [0.1, 0.15) is 0 Å². The van der Waals surface area contributed by atoms with Crippen LogP contribution in [0.3, 0.4) is 0 Å². The van der Waals surface area contributed by atoms with Crippen LogP contribution in [0.4, 0.5) is 5.82 Å². The number of likely N-dealkylation sites (N-methyl/N-ethyl adjacent to an activating group) is 1. The lowest BCUT2D eigenvalue weighted by atomic mass is 9.83. The topological polar surface area (TPSA) is 86.6 Å². The van der Waals surface area contributed by atoms with Crippen LogP contribution in [0.2, 0.25) is 0 Å². The zero-order valence-corrected chi connectivity index (χ0v) is 19.1. The second-order valence-electron chi connectivity index (χ2n) is 8.43. The smallest absolute Gasteiger partial charge is 0.294 e. The first kappa shape index (κ1) is 22.4. The van der Waals surface area contributed by atoms with Crippen LogP contribution < -0.4 is 4.90 Å². The molecule has 1 N–H and O–H groups in total. The van der Waals surface area contributed by atoms with Crippen LogP contribution in [0.1, 0.15) is 12.0 Å². The third kappa shape index (κ3) is 5.15. The Balaban J connectivity index is 0.000000189. The molecule has 7 nitrogen and oxygen atoms in total. The van der Waals surface area contributed by atoms with Crippen molar-refractivity contribution in [3.8, 4) is 11.3 Å². The number of aryl methyl sites for hydroxylation is 1. The van der Waals surface area contributed by atoms with Crippen molar-refractivity contribution < 1.29 is 13.0 Å². The zero-order chi connectivity index (χ0) is 22.7. The second-order valence-corrected chi connectivity index (χ2v) is 9.85. The lowest BCUT2D eigenvalue weighted by molar-refractivity contribution is 0.0277. The molecule has 0 bridgehead atoms. The Morgan fingerprint density at radius 3 is 2.25 bits per heavy atom. The Morgan fingerprint density at radius 1 is 0.938 bits per heavy atom. The monoisotopic (exact) mass is 452 g/mol. The van der Waals surface area contributed by atoms with Crippen LogP contribution in [0.5, 0.6) is 0 Å². The van der Waals surface area contributed by atoms with Gasteiger partial charge >= 0.3 is 0 Å². The maximum atomic E-state index is 10.5. The summed E-state index contributed by atoms with van der Waals surface area (Å²) in [5.41, 5.74) is 3.02. The quantitative estimate of drug-likeness (QED) is 0.609. The molecule has 32 heavy (non-hydrogen) atoms. The number of hydrogen-bond donors (Lipinski definition) is 1. The Kier molecular flexibility index (Phi) is 6.55. The predicted octanol–water partition coefficient (Wildman–Crippen LogP) is 3.53. The summed E-state index contributed by atoms with van der Waals surface area (Å²) < 4.78 is 29.6. The summed E-state index contributed by atoms with van der Waals surface area (Å²) in [4.78, 5) is 4.75. The van der Waals surface area contributed by atoms with Crippen LogP contribution in [0.15, 0.2) is 71.6 Å². The maximum absolute atomic E-state index is 10.5. The molecule has 8 heteroatoms. The first-order chi connectivity index (χ1) is 15.3. The van der Waals surface area contributed by atoms with Crippen molar-refractivity contribution in [3.63, 3.8) is 0 Å². The molecule has 0 radical (unpaired) electrons. The first-order valence-electron chi connectivity index (χ1n) is 10.7. The average Bonchev–Trinajstić information content (AvgIpc) is 2.79. The van der Waals surface area contributed by atoms with E-state index in [1.165, 1.54) is 25.1 Å². The number of piperidine rings is 1. The second kappa shape index (κ2) is 9.36. The molecule has 3 heterocycles. The molecule has 0 amide bonds. The van der Waals surface area contributed by atoms with E-state index in [0.717, 1.165) is 41.6 Å². The number of rotatable bonds is 3. The van der Waals surface area contributed by atoms with E-state index in [-0.39, 0.29) is 4.90 Å². The predicted molar refractivity (Wildman–Crippen MR) is 125 cm³/mol. The number of aromatic nitrogens is 2. The number of nitrogens with zero attached hydrogens (tertiary/aromatic N) is 4. The van der Waals surface area contributed by atoms with Gasteiger partial charge in [-0.3, -0.25) is 4.55 Å². The molecule has 0 saturated carbocycles. The summed E-state index contributed by atoms with van der Waals surface area (Å²) in [7, 11) is -1.80. The van der Waals surface area contributed by atoms with Crippen molar-refractivity contribution in [1.29, 1.82) is 0 Å². The van der Waals surface area contributed by atoms with Crippen molar-refractivity contribution in [3.05, 3.63) is 72.3 Å². The molecule has 5 rings (SSSR count). The fraction of sp³-hybridized carbons (Fsp3) is 0.333. The van der Waals surface area contributed by atoms with Gasteiger partial charge in [-0.25, -0.2) is 0 Å². The molecule has 2 atom stereocenters. The SMILES string of the molecule is CN1CC2CCN(c3ccc(-c4ccccc4)nn3)CC21.Cc1ccc(S(=O)(=O)O)cc1. The third-order valence-corrected chi connectivity index (χ3v) is 7.04. The maximum Gasteiger partial charge on any atom is 0.294 e. The highest BCUT2D eigenvalue weighted by Crippen LogP contribution is 2.32. The Hall–Kier alpha value is -2.81. The fourth-order valence-electron chi connectivity index (χ4n) is 4.23. The molecular formula is C24H28N4O3S. The Bertz CT molecular complexity index is 1140. The van der Waals surface area contributed by atoms with Gasteiger partial charge in [0.05, 0.1) is 10.6 Å². The average molecular weight is 453 g/mol. The van der Waals surface area contributed by atoms with Gasteiger partial charge < -0.3 is 9.80 Å². The largest absolute Gasteiger partial charge is 0.354 e. The van der Waals surface area contributed by atoms with E-state index in [1.807, 2.05) is 25.1 Å². The summed E-state index contributed by atoms with van der Waals surface area (Å²) in [5, 5.41) is 8.84. The third-order valence-electron chi connectivity index (χ3n) is 6.17. The number of anilines is 1. The van der Waals surface area contributed by atoms with Crippen LogP contribution in [0.25, 0.3) is 11.3 Å². The Morgan fingerprint density at radius 2 is 1.66 bits per heavy atom. The van der Waals surface area contributed by atoms with Gasteiger partial charge in [0.15, 0.2) is 5.82 Å². The van der Waals surface area contributed by atoms with Crippen molar-refractivity contribution in [2.75, 3.05) is 31.6 Å². The summed E-state index contributed by atoms with van der Waals surface area (Å²) >= 11 is 0. The van der Waals surface area contributed by atoms with Gasteiger partial charge in [-0.2, -0.15) is 8.42 Å². The van der Waals surface area contributed by atoms with E-state index in [0.29, 0.717) is 6.04 Å². The highest BCUT2D eigenvalue weighted by molar-refractivity contribution is 7.85. The van der Waals surface area contributed by atoms with Gasteiger partial charge in [0.25, 0.3) is 10.1 Å². The van der Waals surface area contributed by atoms with E-state index >= 15 is 0 Å². The number of benzene rings is 2. The zero-order valence-electron chi connectivity index (χ0n) is 18.3. The summed E-state index contributed by atoms with van der Waals surface area (Å²) in [6.45, 7) is 5.29. The van der Waals surface area contributed by atoms with Crippen LogP contribution in [0, 0.1) is 12.8 Å². The fourth-order valence-corrected chi connectivity index (χ4v) is 4.71. The summed E-state index contributed by atoms with van der Waals surface area (Å²) in [6.07, 6.45) is 1.27. The molecule has 0 spiro atoms. The van der Waals surface area contributed by atoms with Crippen molar-refractivity contribution in [1.82, 2.24) is 15.1 Å². The van der Waals surface area contributed by atoms with Gasteiger partial charge in [0.2, 0.25) is 0 Å². The van der Waals surface area contributed by atoms with Crippen LogP contribution in [-0.2, 0) is 10.1 Å². The van der Waals surface area contributed by atoms with E-state index < -0.39 is 10.1 Å². The highest BCUT2D eigenvalue weighted by atomic mass is 32.2. The van der Waals surface area contributed by atoms with Crippen molar-refractivity contribution in [2.24, 2.45) is 5.92 Å². The number of likely N-dealkylation sites (tertiary alicyclic amines) is 1. The van der Waals surface area contributed by atoms with Crippen molar-refractivity contribution >= 4 is 15.9 Å². The molecule has 168 valence electrons. The normalized spacial score (nSPS) is 20.5. The van der Waals surface area contributed by atoms with E-state index in [4.69, 9.17) is 4.55 Å². The minimum atomic E-state index is -4.02. The van der Waals surface area contributed by atoms with Gasteiger partial charge in [-0.1, -0.05) is 48.0 Å². The molecule has 2 aromatic carbocycles. The molecule has 3 aromatic rings. The molecule has 2 fully saturated rings. The number of hydrogen-bond acceptors (Lipinski definition) is 6. The number of fused-ring (bicyclic) bond motifs is 1. The molecule has 2 aliphatic rings. The van der Waals surface area contributed by atoms with Gasteiger partial charge in [-0.05, 0) is 50.6 Å². The van der Waals surface area contributed by atoms with Crippen molar-refractivity contribution in [2.45, 2.75) is 24.3 Å². The summed E-state index contributed by atoms with van der Waals surface area (Å²) in [5.74, 6) is 1.90. The Labute approximate surface area is 189 Å². The molecular weight excluding hydrogens is 424 g/mol. The van der Waals surface area contributed by atoms with E-state index in [1.54, 1.807) is 12.1 Å². The highest BCUT2D eigenvalue weighted by Gasteiger charge is 2.40. The lowest BCUT2D eigenvalue weighted by Crippen LogP contribution is -2.62. The standard InChI is InChI=1S/C17H20N4.C7H8O3S/c1-20-11-14-9-10-21(12-16(14)20)17-8-7-15(18-19-17)13-5-3-2-4-6-13;1-6-2-4-7(5-3-6)11(8,9)10/h2-8,14,16H,9-12H2,1H3;2-5H,1H3,(H,8,9,10). The minimum Gasteiger partial charge on any atom is -0.354 e. The van der Waals surface area contributed by atoms with E-state index in [9.17, 15) is 8.42 Å². The van der Waals surface area contributed by atoms with Crippen LogP contribution in [-0.4, -0.2) is 60.8 Å². The molecule has 1 aromatic heterocycles.